The maximum absolute atomic E-state index is 13.0. The second kappa shape index (κ2) is 9.23. The number of methoxy groups -OCH3 is 1. The van der Waals surface area contributed by atoms with Gasteiger partial charge in [-0.05, 0) is 18.9 Å². The first kappa shape index (κ1) is 19.7. The quantitative estimate of drug-likeness (QED) is 0.420. The van der Waals surface area contributed by atoms with Crippen LogP contribution in [-0.2, 0) is 9.53 Å². The highest BCUT2D eigenvalue weighted by molar-refractivity contribution is 6.00. The molecule has 2 aromatic carbocycles. The molecule has 0 bridgehead atoms. The van der Waals surface area contributed by atoms with E-state index in [-0.39, 0.29) is 11.7 Å². The summed E-state index contributed by atoms with van der Waals surface area (Å²) in [5.41, 5.74) is 1.26. The first-order valence-electron chi connectivity index (χ1n) is 9.54. The number of Topliss-reactive ketones (excluding diaryl/α,β-unsaturated/α-hetero) is 1. The Morgan fingerprint density at radius 2 is 1.64 bits per heavy atom. The van der Waals surface area contributed by atoms with Crippen molar-refractivity contribution in [1.29, 1.82) is 0 Å². The minimum Gasteiger partial charge on any atom is -0.496 e. The smallest absolute Gasteiger partial charge is 0.311 e. The van der Waals surface area contributed by atoms with Crippen LogP contribution in [0.1, 0.15) is 47.7 Å². The van der Waals surface area contributed by atoms with Gasteiger partial charge in [-0.25, -0.2) is 0 Å². The van der Waals surface area contributed by atoms with Gasteiger partial charge >= 0.3 is 5.97 Å². The molecular weight excluding hydrogens is 352 g/mol. The van der Waals surface area contributed by atoms with Crippen molar-refractivity contribution in [2.45, 2.75) is 31.8 Å². The van der Waals surface area contributed by atoms with E-state index < -0.39 is 18.0 Å². The van der Waals surface area contributed by atoms with E-state index in [0.717, 1.165) is 12.8 Å². The number of terminal acetylenes is 1. The fourth-order valence-corrected chi connectivity index (χ4v) is 3.82. The fourth-order valence-electron chi connectivity index (χ4n) is 3.82. The normalized spacial score (nSPS) is 19.9. The lowest BCUT2D eigenvalue weighted by atomic mass is 9.75. The van der Waals surface area contributed by atoms with Crippen LogP contribution in [0.4, 0.5) is 0 Å². The van der Waals surface area contributed by atoms with Gasteiger partial charge in [-0.1, -0.05) is 67.3 Å². The van der Waals surface area contributed by atoms with E-state index in [1.54, 1.807) is 31.4 Å². The maximum Gasteiger partial charge on any atom is 0.311 e. The van der Waals surface area contributed by atoms with Crippen molar-refractivity contribution in [1.82, 2.24) is 0 Å². The highest BCUT2D eigenvalue weighted by atomic mass is 16.5. The molecule has 0 aliphatic heterocycles. The molecule has 0 spiro atoms. The van der Waals surface area contributed by atoms with Gasteiger partial charge in [0.25, 0.3) is 0 Å². The molecule has 1 aliphatic rings. The number of carbonyl (C=O) groups is 2. The molecule has 0 heterocycles. The largest absolute Gasteiger partial charge is 0.496 e. The Bertz CT molecular complexity index is 866. The summed E-state index contributed by atoms with van der Waals surface area (Å²) in [7, 11) is 1.55. The lowest BCUT2D eigenvalue weighted by Gasteiger charge is -2.30. The van der Waals surface area contributed by atoms with Gasteiger partial charge in [0, 0.05) is 17.0 Å². The van der Waals surface area contributed by atoms with E-state index in [1.165, 1.54) is 0 Å². The summed E-state index contributed by atoms with van der Waals surface area (Å²) in [5.74, 6) is 1.83. The number of benzene rings is 2. The monoisotopic (exact) mass is 376 g/mol. The van der Waals surface area contributed by atoms with E-state index in [4.69, 9.17) is 15.9 Å². The minimum atomic E-state index is -0.849. The third kappa shape index (κ3) is 4.26. The molecule has 0 unspecified atom stereocenters. The van der Waals surface area contributed by atoms with Gasteiger partial charge in [-0.3, -0.25) is 9.59 Å². The summed E-state index contributed by atoms with van der Waals surface area (Å²) in [4.78, 5) is 25.9. The number of esters is 1. The lowest BCUT2D eigenvalue weighted by Crippen LogP contribution is -2.34. The van der Waals surface area contributed by atoms with Crippen LogP contribution in [0, 0.1) is 24.2 Å². The van der Waals surface area contributed by atoms with E-state index in [1.807, 2.05) is 30.3 Å². The number of ketones is 1. The molecule has 1 aliphatic carbocycles. The van der Waals surface area contributed by atoms with Gasteiger partial charge in [-0.15, -0.1) is 6.42 Å². The molecule has 28 heavy (non-hydrogen) atoms. The molecule has 4 heteroatoms. The van der Waals surface area contributed by atoms with Crippen molar-refractivity contribution >= 4 is 11.8 Å². The van der Waals surface area contributed by atoms with E-state index in [9.17, 15) is 9.59 Å². The standard InChI is InChI=1S/C24H24O4/c1-3-21(20-15-9-10-16-22(20)27-2)28-24(26)19-14-8-7-13-18(19)23(25)17-11-5-4-6-12-17/h1,4-6,9-12,15-16,18-19,21H,7-8,13-14H2,2H3/t18-,19-,21-/m1/s1. The highest BCUT2D eigenvalue weighted by Crippen LogP contribution is 2.35. The highest BCUT2D eigenvalue weighted by Gasteiger charge is 2.38. The van der Waals surface area contributed by atoms with Crippen molar-refractivity contribution in [3.8, 4) is 18.1 Å². The SMILES string of the molecule is C#C[C@@H](OC(=O)[C@@H]1CCCC[C@H]1C(=O)c1ccccc1)c1ccccc1OC. The van der Waals surface area contributed by atoms with Gasteiger partial charge in [-0.2, -0.15) is 0 Å². The second-order valence-electron chi connectivity index (χ2n) is 6.95. The van der Waals surface area contributed by atoms with E-state index in [2.05, 4.69) is 5.92 Å². The number of ether oxygens (including phenoxy) is 2. The van der Waals surface area contributed by atoms with Crippen molar-refractivity contribution in [3.63, 3.8) is 0 Å². The lowest BCUT2D eigenvalue weighted by molar-refractivity contribution is -0.154. The molecule has 2 aromatic rings. The Balaban J connectivity index is 1.79. The summed E-state index contributed by atoms with van der Waals surface area (Å²) in [6, 6.07) is 16.3. The van der Waals surface area contributed by atoms with Crippen LogP contribution in [0.3, 0.4) is 0 Å². The maximum atomic E-state index is 13.0. The Morgan fingerprint density at radius 1 is 1.00 bits per heavy atom. The molecule has 0 N–H and O–H groups in total. The molecule has 0 saturated heterocycles. The third-order valence-corrected chi connectivity index (χ3v) is 5.27. The zero-order valence-electron chi connectivity index (χ0n) is 16.0. The molecule has 3 atom stereocenters. The number of para-hydroxylation sites is 1. The fraction of sp³-hybridized carbons (Fsp3) is 0.333. The number of hydrogen-bond acceptors (Lipinski definition) is 4. The predicted octanol–water partition coefficient (Wildman–Crippen LogP) is 4.60. The summed E-state index contributed by atoms with van der Waals surface area (Å²) in [6.45, 7) is 0. The average molecular weight is 376 g/mol. The van der Waals surface area contributed by atoms with Crippen LogP contribution in [0.2, 0.25) is 0 Å². The molecule has 0 amide bonds. The molecule has 4 nitrogen and oxygen atoms in total. The summed E-state index contributed by atoms with van der Waals surface area (Å²) < 4.78 is 11.0. The topological polar surface area (TPSA) is 52.6 Å². The molecule has 0 radical (unpaired) electrons. The van der Waals surface area contributed by atoms with Gasteiger partial charge in [0.05, 0.1) is 13.0 Å². The Hall–Kier alpha value is -3.06. The van der Waals surface area contributed by atoms with Crippen LogP contribution >= 0.6 is 0 Å². The van der Waals surface area contributed by atoms with Crippen molar-refractivity contribution in [3.05, 3.63) is 65.7 Å². The first-order chi connectivity index (χ1) is 13.7. The second-order valence-corrected chi connectivity index (χ2v) is 6.95. The van der Waals surface area contributed by atoms with Gasteiger partial charge in [0.1, 0.15) is 5.75 Å². The molecule has 1 fully saturated rings. The minimum absolute atomic E-state index is 0.00296. The molecule has 3 rings (SSSR count). The summed E-state index contributed by atoms with van der Waals surface area (Å²) in [6.07, 6.45) is 7.93. The van der Waals surface area contributed by atoms with Crippen molar-refractivity contribution in [2.24, 2.45) is 11.8 Å². The van der Waals surface area contributed by atoms with Crippen molar-refractivity contribution in [2.75, 3.05) is 7.11 Å². The van der Waals surface area contributed by atoms with Crippen LogP contribution in [0.5, 0.6) is 5.75 Å². The van der Waals surface area contributed by atoms with E-state index in [0.29, 0.717) is 29.7 Å². The third-order valence-electron chi connectivity index (χ3n) is 5.27. The van der Waals surface area contributed by atoms with Crippen LogP contribution in [0.25, 0.3) is 0 Å². The van der Waals surface area contributed by atoms with Crippen LogP contribution in [-0.4, -0.2) is 18.9 Å². The number of carbonyl (C=O) groups excluding carboxylic acids is 2. The zero-order chi connectivity index (χ0) is 19.9. The van der Waals surface area contributed by atoms with Gasteiger partial charge in [0.2, 0.25) is 0 Å². The predicted molar refractivity (Wildman–Crippen MR) is 107 cm³/mol. The number of rotatable bonds is 6. The van der Waals surface area contributed by atoms with E-state index >= 15 is 0 Å². The van der Waals surface area contributed by atoms with Crippen LogP contribution in [0.15, 0.2) is 54.6 Å². The molecule has 144 valence electrons. The van der Waals surface area contributed by atoms with Crippen molar-refractivity contribution < 1.29 is 19.1 Å². The molecule has 0 aromatic heterocycles. The summed E-state index contributed by atoms with van der Waals surface area (Å²) >= 11 is 0. The van der Waals surface area contributed by atoms with Gasteiger partial charge < -0.3 is 9.47 Å². The Morgan fingerprint density at radius 3 is 2.32 bits per heavy atom. The summed E-state index contributed by atoms with van der Waals surface area (Å²) in [5, 5.41) is 0. The average Bonchev–Trinajstić information content (AvgIpc) is 2.77. The zero-order valence-corrected chi connectivity index (χ0v) is 16.0. The van der Waals surface area contributed by atoms with Gasteiger partial charge in [0.15, 0.2) is 11.9 Å². The molecule has 1 saturated carbocycles. The number of hydrogen-bond donors (Lipinski definition) is 0. The first-order valence-corrected chi connectivity index (χ1v) is 9.54. The Labute approximate surface area is 165 Å². The van der Waals surface area contributed by atoms with Crippen LogP contribution < -0.4 is 4.74 Å². The Kier molecular flexibility index (Phi) is 6.49. The molecular formula is C24H24O4.